The molecule has 17 heavy (non-hydrogen) atoms. The zero-order valence-electron chi connectivity index (χ0n) is 11.1. The van der Waals surface area contributed by atoms with Crippen molar-refractivity contribution in [3.05, 3.63) is 23.0 Å². The first-order valence-corrected chi connectivity index (χ1v) is 10.1. The van der Waals surface area contributed by atoms with Crippen molar-refractivity contribution in [3.63, 3.8) is 0 Å². The predicted molar refractivity (Wildman–Crippen MR) is 76.8 cm³/mol. The molecule has 0 radical (unpaired) electrons. The van der Waals surface area contributed by atoms with Crippen molar-refractivity contribution in [2.24, 2.45) is 0 Å². The zero-order valence-corrected chi connectivity index (χ0v) is 12.9. The number of pyridine rings is 1. The third kappa shape index (κ3) is 2.72. The van der Waals surface area contributed by atoms with Gasteiger partial charge in [0.2, 0.25) is 0 Å². The minimum Gasteiger partial charge on any atom is -0.299 e. The Labute approximate surface area is 110 Å². The van der Waals surface area contributed by atoms with Gasteiger partial charge < -0.3 is 0 Å². The summed E-state index contributed by atoms with van der Waals surface area (Å²) in [5.41, 5.74) is 1.41. The van der Waals surface area contributed by atoms with E-state index in [1.807, 2.05) is 6.20 Å². The lowest BCUT2D eigenvalue weighted by molar-refractivity contribution is 0.318. The molecule has 0 bridgehead atoms. The van der Waals surface area contributed by atoms with Crippen LogP contribution in [-0.4, -0.2) is 31.6 Å². The topological polar surface area (TPSA) is 16.1 Å². The van der Waals surface area contributed by atoms with Crippen LogP contribution in [0.3, 0.4) is 0 Å². The van der Waals surface area contributed by atoms with Gasteiger partial charge in [-0.15, -0.1) is 0 Å². The first-order valence-electron chi connectivity index (χ1n) is 6.26. The summed E-state index contributed by atoms with van der Waals surface area (Å²) in [5, 5.41) is 2.10. The van der Waals surface area contributed by atoms with Crippen LogP contribution in [0.1, 0.15) is 24.4 Å². The fourth-order valence-electron chi connectivity index (χ4n) is 2.66. The SMILES string of the molecule is CN1CCCC1c1cnc(Cl)cc1[Si](C)(C)C. The van der Waals surface area contributed by atoms with Crippen LogP contribution < -0.4 is 5.19 Å². The van der Waals surface area contributed by atoms with Crippen molar-refractivity contribution in [1.29, 1.82) is 0 Å². The molecule has 0 N–H and O–H groups in total. The van der Waals surface area contributed by atoms with Crippen molar-refractivity contribution >= 4 is 24.9 Å². The van der Waals surface area contributed by atoms with E-state index in [4.69, 9.17) is 11.6 Å². The van der Waals surface area contributed by atoms with Crippen molar-refractivity contribution < 1.29 is 0 Å². The van der Waals surface area contributed by atoms with E-state index in [1.54, 1.807) is 0 Å². The third-order valence-corrected chi connectivity index (χ3v) is 5.84. The molecule has 0 aliphatic carbocycles. The Morgan fingerprint density at radius 2 is 2.12 bits per heavy atom. The van der Waals surface area contributed by atoms with E-state index in [0.29, 0.717) is 11.2 Å². The molecule has 2 nitrogen and oxygen atoms in total. The normalized spacial score (nSPS) is 22.1. The van der Waals surface area contributed by atoms with E-state index in [1.165, 1.54) is 30.1 Å². The maximum atomic E-state index is 6.06. The summed E-state index contributed by atoms with van der Waals surface area (Å²) < 4.78 is 0. The molecular formula is C13H21ClN2Si. The molecule has 2 rings (SSSR count). The highest BCUT2D eigenvalue weighted by molar-refractivity contribution is 6.89. The van der Waals surface area contributed by atoms with Gasteiger partial charge in [0.25, 0.3) is 0 Å². The summed E-state index contributed by atoms with van der Waals surface area (Å²) >= 11 is 6.06. The van der Waals surface area contributed by atoms with Crippen molar-refractivity contribution in [1.82, 2.24) is 9.88 Å². The summed E-state index contributed by atoms with van der Waals surface area (Å²) in [6, 6.07) is 2.64. The molecule has 0 aromatic carbocycles. The highest BCUT2D eigenvalue weighted by Crippen LogP contribution is 2.30. The zero-order chi connectivity index (χ0) is 12.6. The van der Waals surface area contributed by atoms with Crippen molar-refractivity contribution in [3.8, 4) is 0 Å². The second-order valence-corrected chi connectivity index (χ2v) is 11.4. The molecule has 4 heteroatoms. The van der Waals surface area contributed by atoms with E-state index in [-0.39, 0.29) is 0 Å². The first-order chi connectivity index (χ1) is 7.89. The smallest absolute Gasteiger partial charge is 0.128 e. The van der Waals surface area contributed by atoms with Crippen LogP contribution in [0.15, 0.2) is 12.3 Å². The third-order valence-electron chi connectivity index (χ3n) is 3.59. The fraction of sp³-hybridized carbons (Fsp3) is 0.615. The second-order valence-electron chi connectivity index (χ2n) is 5.98. The van der Waals surface area contributed by atoms with Crippen LogP contribution in [0.25, 0.3) is 0 Å². The van der Waals surface area contributed by atoms with Gasteiger partial charge in [-0.25, -0.2) is 4.98 Å². The molecule has 0 amide bonds. The van der Waals surface area contributed by atoms with E-state index in [9.17, 15) is 0 Å². The Bertz CT molecular complexity index is 414. The monoisotopic (exact) mass is 268 g/mol. The van der Waals surface area contributed by atoms with Crippen molar-refractivity contribution in [2.45, 2.75) is 38.5 Å². The van der Waals surface area contributed by atoms with Crippen molar-refractivity contribution in [2.75, 3.05) is 13.6 Å². The molecule has 0 spiro atoms. The first kappa shape index (κ1) is 13.1. The Morgan fingerprint density at radius 1 is 1.41 bits per heavy atom. The predicted octanol–water partition coefficient (Wildman–Crippen LogP) is 3.05. The van der Waals surface area contributed by atoms with Crippen LogP contribution in [0.4, 0.5) is 0 Å². The molecule has 1 aromatic rings. The van der Waals surface area contributed by atoms with Gasteiger partial charge in [0.05, 0.1) is 8.07 Å². The molecule has 1 aromatic heterocycles. The van der Waals surface area contributed by atoms with Gasteiger partial charge in [-0.3, -0.25) is 4.90 Å². The minimum atomic E-state index is -1.36. The summed E-state index contributed by atoms with van der Waals surface area (Å²) in [4.78, 5) is 6.73. The van der Waals surface area contributed by atoms with Crippen LogP contribution in [0.5, 0.6) is 0 Å². The Balaban J connectivity index is 2.46. The van der Waals surface area contributed by atoms with Crippen LogP contribution >= 0.6 is 11.6 Å². The van der Waals surface area contributed by atoms with Gasteiger partial charge in [0, 0.05) is 12.2 Å². The number of hydrogen-bond donors (Lipinski definition) is 0. The molecule has 1 aliphatic rings. The molecule has 1 saturated heterocycles. The number of nitrogens with zero attached hydrogens (tertiary/aromatic N) is 2. The van der Waals surface area contributed by atoms with E-state index in [2.05, 4.69) is 42.6 Å². The van der Waals surface area contributed by atoms with E-state index < -0.39 is 8.07 Å². The summed E-state index contributed by atoms with van der Waals surface area (Å²) in [7, 11) is 0.851. The van der Waals surface area contributed by atoms with Gasteiger partial charge in [-0.2, -0.15) is 0 Å². The lowest BCUT2D eigenvalue weighted by Gasteiger charge is -2.27. The fourth-order valence-corrected chi connectivity index (χ4v) is 4.58. The molecular weight excluding hydrogens is 248 g/mol. The Morgan fingerprint density at radius 3 is 2.65 bits per heavy atom. The standard InChI is InChI=1S/C13H21ClN2Si/c1-16-7-5-6-11(16)10-9-15-13(14)8-12(10)17(2,3)4/h8-9,11H,5-7H2,1-4H3. The molecule has 1 fully saturated rings. The summed E-state index contributed by atoms with van der Waals surface area (Å²) in [6.45, 7) is 8.31. The summed E-state index contributed by atoms with van der Waals surface area (Å²) in [6.07, 6.45) is 4.54. The number of likely N-dealkylation sites (tertiary alicyclic amines) is 1. The average Bonchev–Trinajstić information content (AvgIpc) is 2.63. The summed E-state index contributed by atoms with van der Waals surface area (Å²) in [5.74, 6) is 0. The van der Waals surface area contributed by atoms with Crippen LogP contribution in [-0.2, 0) is 0 Å². The van der Waals surface area contributed by atoms with E-state index in [0.717, 1.165) is 0 Å². The van der Waals surface area contributed by atoms with Gasteiger partial charge in [0.15, 0.2) is 0 Å². The molecule has 94 valence electrons. The maximum Gasteiger partial charge on any atom is 0.128 e. The Kier molecular flexibility index (Phi) is 3.62. The second kappa shape index (κ2) is 4.71. The number of hydrogen-bond acceptors (Lipinski definition) is 2. The largest absolute Gasteiger partial charge is 0.299 e. The van der Waals surface area contributed by atoms with Crippen LogP contribution in [0.2, 0.25) is 24.8 Å². The molecule has 1 aliphatic heterocycles. The Hall–Kier alpha value is -0.383. The molecule has 1 atom stereocenters. The highest BCUT2D eigenvalue weighted by atomic mass is 35.5. The van der Waals surface area contributed by atoms with Gasteiger partial charge >= 0.3 is 0 Å². The minimum absolute atomic E-state index is 0.543. The van der Waals surface area contributed by atoms with Gasteiger partial charge in [-0.05, 0) is 38.1 Å². The van der Waals surface area contributed by atoms with Crippen LogP contribution in [0, 0.1) is 0 Å². The van der Waals surface area contributed by atoms with Gasteiger partial charge in [-0.1, -0.05) is 36.4 Å². The molecule has 0 saturated carbocycles. The number of aromatic nitrogens is 1. The molecule has 1 unspecified atom stereocenters. The lowest BCUT2D eigenvalue weighted by Crippen LogP contribution is -2.42. The van der Waals surface area contributed by atoms with E-state index >= 15 is 0 Å². The van der Waals surface area contributed by atoms with Gasteiger partial charge in [0.1, 0.15) is 5.15 Å². The maximum absolute atomic E-state index is 6.06. The quantitative estimate of drug-likeness (QED) is 0.605. The number of rotatable bonds is 2. The highest BCUT2D eigenvalue weighted by Gasteiger charge is 2.29. The average molecular weight is 269 g/mol. The lowest BCUT2D eigenvalue weighted by atomic mass is 10.1. The number of halogens is 1. The molecule has 2 heterocycles.